The molecule has 2 N–H and O–H groups in total. The Morgan fingerprint density at radius 2 is 0.750 bits per heavy atom. The minimum Gasteiger partial charge on any atom is -0.478 e. The lowest BCUT2D eigenvalue weighted by molar-refractivity contribution is 0.0686. The van der Waals surface area contributed by atoms with E-state index < -0.39 is 11.9 Å². The van der Waals surface area contributed by atoms with Crippen LogP contribution in [-0.2, 0) is 0 Å². The number of carboxylic acid groups (broad SMARTS) is 2. The van der Waals surface area contributed by atoms with Crippen LogP contribution in [-0.4, -0.2) is 22.2 Å². The molecular formula is C32H32O4. The largest absolute Gasteiger partial charge is 0.478 e. The molecule has 4 rings (SSSR count). The van der Waals surface area contributed by atoms with Gasteiger partial charge < -0.3 is 10.2 Å². The Morgan fingerprint density at radius 1 is 0.472 bits per heavy atom. The second-order valence-corrected chi connectivity index (χ2v) is 8.29. The van der Waals surface area contributed by atoms with Crippen molar-refractivity contribution in [1.29, 1.82) is 0 Å². The van der Waals surface area contributed by atoms with Gasteiger partial charge in [0.2, 0.25) is 0 Å². The predicted molar refractivity (Wildman–Crippen MR) is 148 cm³/mol. The zero-order valence-corrected chi connectivity index (χ0v) is 21.1. The van der Waals surface area contributed by atoms with Crippen molar-refractivity contribution in [2.75, 3.05) is 0 Å². The normalized spacial score (nSPS) is 10.0. The molecule has 0 aliphatic carbocycles. The molecule has 4 heteroatoms. The van der Waals surface area contributed by atoms with Crippen LogP contribution in [0.1, 0.15) is 54.1 Å². The number of aryl methyl sites for hydroxylation is 4. The van der Waals surface area contributed by atoms with Crippen LogP contribution in [0.25, 0.3) is 12.2 Å². The number of aromatic carboxylic acids is 2. The summed E-state index contributed by atoms with van der Waals surface area (Å²) >= 11 is 0. The van der Waals surface area contributed by atoms with Crippen molar-refractivity contribution < 1.29 is 19.8 Å². The van der Waals surface area contributed by atoms with Gasteiger partial charge in [-0.15, -0.1) is 0 Å². The first-order valence-electron chi connectivity index (χ1n) is 11.6. The fourth-order valence-electron chi connectivity index (χ4n) is 3.51. The first kappa shape index (κ1) is 27.8. The predicted octanol–water partition coefficient (Wildman–Crippen LogP) is 7.86. The molecule has 0 bridgehead atoms. The van der Waals surface area contributed by atoms with Crippen molar-refractivity contribution in [3.05, 3.63) is 142 Å². The Hall–Kier alpha value is -4.44. The van der Waals surface area contributed by atoms with Crippen LogP contribution in [0.4, 0.5) is 0 Å². The quantitative estimate of drug-likeness (QED) is 0.292. The molecule has 0 saturated heterocycles. The van der Waals surface area contributed by atoms with E-state index in [1.165, 1.54) is 33.4 Å². The van der Waals surface area contributed by atoms with E-state index in [4.69, 9.17) is 10.2 Å². The van der Waals surface area contributed by atoms with E-state index in [2.05, 4.69) is 76.2 Å². The van der Waals surface area contributed by atoms with Crippen molar-refractivity contribution in [2.45, 2.75) is 27.7 Å². The highest BCUT2D eigenvalue weighted by Gasteiger charge is 2.01. The van der Waals surface area contributed by atoms with Gasteiger partial charge in [-0.25, -0.2) is 9.59 Å². The topological polar surface area (TPSA) is 74.6 Å². The number of rotatable bonds is 4. The third kappa shape index (κ3) is 8.73. The van der Waals surface area contributed by atoms with Gasteiger partial charge in [-0.2, -0.15) is 0 Å². The Morgan fingerprint density at radius 3 is 0.972 bits per heavy atom. The summed E-state index contributed by atoms with van der Waals surface area (Å²) in [5.41, 5.74) is 8.65. The van der Waals surface area contributed by atoms with Crippen LogP contribution in [0.2, 0.25) is 0 Å². The molecule has 4 nitrogen and oxygen atoms in total. The SMILES string of the molecule is Cc1cccc(C)c1C=Cc1c(C)cccc1C.O=C(O)c1ccccc1.O=C(O)c1ccccc1. The lowest BCUT2D eigenvalue weighted by atomic mass is 9.98. The molecule has 0 amide bonds. The van der Waals surface area contributed by atoms with Crippen molar-refractivity contribution in [3.63, 3.8) is 0 Å². The van der Waals surface area contributed by atoms with Gasteiger partial charge in [-0.05, 0) is 85.3 Å². The van der Waals surface area contributed by atoms with E-state index >= 15 is 0 Å². The molecule has 0 spiro atoms. The van der Waals surface area contributed by atoms with Crippen LogP contribution in [0.3, 0.4) is 0 Å². The fourth-order valence-corrected chi connectivity index (χ4v) is 3.51. The minimum atomic E-state index is -0.879. The number of carbonyl (C=O) groups is 2. The van der Waals surface area contributed by atoms with Crippen LogP contribution >= 0.6 is 0 Å². The molecule has 0 fully saturated rings. The molecule has 0 aromatic heterocycles. The van der Waals surface area contributed by atoms with E-state index in [1.54, 1.807) is 60.7 Å². The van der Waals surface area contributed by atoms with E-state index in [1.807, 2.05) is 0 Å². The van der Waals surface area contributed by atoms with Crippen LogP contribution in [0.15, 0.2) is 97.1 Å². The first-order valence-corrected chi connectivity index (χ1v) is 11.6. The number of hydrogen-bond acceptors (Lipinski definition) is 2. The summed E-state index contributed by atoms with van der Waals surface area (Å²) in [6.45, 7) is 8.66. The summed E-state index contributed by atoms with van der Waals surface area (Å²) in [5, 5.41) is 16.8. The molecule has 0 atom stereocenters. The first-order chi connectivity index (χ1) is 17.2. The molecule has 4 aromatic rings. The van der Waals surface area contributed by atoms with Crippen LogP contribution < -0.4 is 0 Å². The third-order valence-electron chi connectivity index (χ3n) is 5.54. The summed E-state index contributed by atoms with van der Waals surface area (Å²) in [6, 6.07) is 29.5. The van der Waals surface area contributed by atoms with Gasteiger partial charge in [0, 0.05) is 0 Å². The van der Waals surface area contributed by atoms with Gasteiger partial charge in [0.05, 0.1) is 11.1 Å². The monoisotopic (exact) mass is 480 g/mol. The van der Waals surface area contributed by atoms with Gasteiger partial charge in [-0.3, -0.25) is 0 Å². The Kier molecular flexibility index (Phi) is 10.9. The van der Waals surface area contributed by atoms with Gasteiger partial charge in [0.1, 0.15) is 0 Å². The molecule has 36 heavy (non-hydrogen) atoms. The maximum Gasteiger partial charge on any atom is 0.335 e. The highest BCUT2D eigenvalue weighted by molar-refractivity contribution is 5.87. The smallest absolute Gasteiger partial charge is 0.335 e. The van der Waals surface area contributed by atoms with E-state index in [-0.39, 0.29) is 0 Å². The summed E-state index contributed by atoms with van der Waals surface area (Å²) < 4.78 is 0. The molecular weight excluding hydrogens is 448 g/mol. The maximum atomic E-state index is 10.2. The van der Waals surface area contributed by atoms with E-state index in [0.29, 0.717) is 11.1 Å². The molecule has 0 radical (unpaired) electrons. The van der Waals surface area contributed by atoms with Crippen LogP contribution in [0.5, 0.6) is 0 Å². The average Bonchev–Trinajstić information content (AvgIpc) is 2.87. The van der Waals surface area contributed by atoms with Gasteiger partial charge in [-0.1, -0.05) is 84.9 Å². The summed E-state index contributed by atoms with van der Waals surface area (Å²) in [7, 11) is 0. The summed E-state index contributed by atoms with van der Waals surface area (Å²) in [5.74, 6) is -1.76. The number of benzene rings is 4. The standard InChI is InChI=1S/C18H20.2C7H6O2/c1-13-7-5-8-14(2)17(13)11-12-18-15(3)9-6-10-16(18)4;2*8-7(9)6-4-2-1-3-5-6/h5-12H,1-4H3;2*1-5H,(H,8,9). The molecule has 0 heterocycles. The molecule has 184 valence electrons. The van der Waals surface area contributed by atoms with Gasteiger partial charge >= 0.3 is 11.9 Å². The highest BCUT2D eigenvalue weighted by atomic mass is 16.4. The van der Waals surface area contributed by atoms with Gasteiger partial charge in [0.15, 0.2) is 0 Å². The van der Waals surface area contributed by atoms with Crippen molar-refractivity contribution in [3.8, 4) is 0 Å². The Bertz CT molecular complexity index is 1160. The maximum absolute atomic E-state index is 10.2. The van der Waals surface area contributed by atoms with Gasteiger partial charge in [0.25, 0.3) is 0 Å². The highest BCUT2D eigenvalue weighted by Crippen LogP contribution is 2.20. The van der Waals surface area contributed by atoms with E-state index in [9.17, 15) is 9.59 Å². The van der Waals surface area contributed by atoms with Crippen molar-refractivity contribution in [1.82, 2.24) is 0 Å². The van der Waals surface area contributed by atoms with E-state index in [0.717, 1.165) is 0 Å². The molecule has 0 aliphatic rings. The Balaban J connectivity index is 0.000000212. The lowest BCUT2D eigenvalue weighted by Crippen LogP contribution is -1.93. The second-order valence-electron chi connectivity index (χ2n) is 8.29. The molecule has 0 saturated carbocycles. The molecule has 0 aliphatic heterocycles. The number of carboxylic acids is 2. The van der Waals surface area contributed by atoms with Crippen LogP contribution in [0, 0.1) is 27.7 Å². The van der Waals surface area contributed by atoms with Crippen molar-refractivity contribution in [2.24, 2.45) is 0 Å². The third-order valence-corrected chi connectivity index (χ3v) is 5.54. The average molecular weight is 481 g/mol. The van der Waals surface area contributed by atoms with Crippen molar-refractivity contribution >= 4 is 24.1 Å². The lowest BCUT2D eigenvalue weighted by Gasteiger charge is -2.07. The molecule has 0 unspecified atom stereocenters. The zero-order valence-electron chi connectivity index (χ0n) is 21.1. The summed E-state index contributed by atoms with van der Waals surface area (Å²) in [6.07, 6.45) is 4.47. The Labute approximate surface area is 213 Å². The second kappa shape index (κ2) is 14.1. The fraction of sp³-hybridized carbons (Fsp3) is 0.125. The molecule has 4 aromatic carbocycles. The minimum absolute atomic E-state index is 0.331. The zero-order chi connectivity index (χ0) is 26.5. The summed E-state index contributed by atoms with van der Waals surface area (Å²) in [4.78, 5) is 20.4. The number of hydrogen-bond donors (Lipinski definition) is 2.